The number of aromatic nitrogens is 1. The van der Waals surface area contributed by atoms with Gasteiger partial charge in [0, 0.05) is 23.6 Å². The number of fused-ring (bicyclic) bond motifs is 2. The van der Waals surface area contributed by atoms with Crippen LogP contribution in [0.3, 0.4) is 0 Å². The van der Waals surface area contributed by atoms with Gasteiger partial charge < -0.3 is 10.7 Å². The van der Waals surface area contributed by atoms with Crippen molar-refractivity contribution in [2.24, 2.45) is 5.73 Å². The van der Waals surface area contributed by atoms with Crippen LogP contribution in [0, 0.1) is 0 Å². The Balaban J connectivity index is 2.18. The first kappa shape index (κ1) is 9.91. The standard InChI is InChI=1S/C14H18N2/c15-8-12-9-16-14-7-11-5-3-1-2-4-10(11)6-13(12)14/h6-7,9,16H,1-5,8,15H2. The predicted molar refractivity (Wildman–Crippen MR) is 67.4 cm³/mol. The first-order valence-electron chi connectivity index (χ1n) is 6.20. The Morgan fingerprint density at radius 3 is 2.56 bits per heavy atom. The smallest absolute Gasteiger partial charge is 0.0460 e. The van der Waals surface area contributed by atoms with Gasteiger partial charge in [0.05, 0.1) is 0 Å². The topological polar surface area (TPSA) is 41.8 Å². The number of hydrogen-bond acceptors (Lipinski definition) is 1. The number of benzene rings is 1. The molecule has 0 aliphatic heterocycles. The van der Waals surface area contributed by atoms with Gasteiger partial charge in [0.25, 0.3) is 0 Å². The van der Waals surface area contributed by atoms with E-state index < -0.39 is 0 Å². The van der Waals surface area contributed by atoms with Gasteiger partial charge in [-0.15, -0.1) is 0 Å². The molecule has 1 aliphatic carbocycles. The second-order valence-corrected chi connectivity index (χ2v) is 4.75. The highest BCUT2D eigenvalue weighted by Crippen LogP contribution is 2.27. The van der Waals surface area contributed by atoms with Crippen LogP contribution in [-0.2, 0) is 19.4 Å². The quantitative estimate of drug-likeness (QED) is 0.704. The third-order valence-electron chi connectivity index (χ3n) is 3.70. The highest BCUT2D eigenvalue weighted by atomic mass is 14.7. The minimum absolute atomic E-state index is 0.624. The molecule has 2 nitrogen and oxygen atoms in total. The van der Waals surface area contributed by atoms with Crippen molar-refractivity contribution in [2.45, 2.75) is 38.6 Å². The molecule has 2 heteroatoms. The predicted octanol–water partition coefficient (Wildman–Crippen LogP) is 2.90. The first-order chi connectivity index (χ1) is 7.88. The van der Waals surface area contributed by atoms with E-state index in [0.29, 0.717) is 6.54 Å². The lowest BCUT2D eigenvalue weighted by Gasteiger charge is -2.06. The zero-order valence-corrected chi connectivity index (χ0v) is 9.55. The normalized spacial score (nSPS) is 16.1. The Morgan fingerprint density at radius 1 is 1.06 bits per heavy atom. The fourth-order valence-electron chi connectivity index (χ4n) is 2.76. The average Bonchev–Trinajstić information content (AvgIpc) is 2.55. The number of nitrogens with two attached hydrogens (primary N) is 1. The van der Waals surface area contributed by atoms with Gasteiger partial charge in [-0.05, 0) is 54.5 Å². The summed E-state index contributed by atoms with van der Waals surface area (Å²) in [6.07, 6.45) is 8.56. The van der Waals surface area contributed by atoms with Crippen molar-refractivity contribution in [2.75, 3.05) is 0 Å². The number of nitrogens with one attached hydrogen (secondary N) is 1. The van der Waals surface area contributed by atoms with Crippen LogP contribution >= 0.6 is 0 Å². The van der Waals surface area contributed by atoms with Gasteiger partial charge in [0.1, 0.15) is 0 Å². The van der Waals surface area contributed by atoms with Gasteiger partial charge >= 0.3 is 0 Å². The maximum absolute atomic E-state index is 5.75. The van der Waals surface area contributed by atoms with Crippen molar-refractivity contribution >= 4 is 10.9 Å². The van der Waals surface area contributed by atoms with Gasteiger partial charge in [-0.3, -0.25) is 0 Å². The van der Waals surface area contributed by atoms with Crippen molar-refractivity contribution in [1.82, 2.24) is 4.98 Å². The van der Waals surface area contributed by atoms with E-state index in [1.54, 1.807) is 5.56 Å². The van der Waals surface area contributed by atoms with Gasteiger partial charge in [-0.1, -0.05) is 6.42 Å². The van der Waals surface area contributed by atoms with Crippen LogP contribution < -0.4 is 5.73 Å². The molecule has 0 atom stereocenters. The molecule has 0 saturated carbocycles. The average molecular weight is 214 g/mol. The molecule has 0 bridgehead atoms. The molecule has 1 aromatic heterocycles. The number of rotatable bonds is 1. The summed E-state index contributed by atoms with van der Waals surface area (Å²) in [5.74, 6) is 0. The number of H-pyrrole nitrogens is 1. The fourth-order valence-corrected chi connectivity index (χ4v) is 2.76. The van der Waals surface area contributed by atoms with E-state index >= 15 is 0 Å². The molecule has 1 aromatic carbocycles. The summed E-state index contributed by atoms with van der Waals surface area (Å²) in [5, 5.41) is 1.32. The molecule has 0 saturated heterocycles. The summed E-state index contributed by atoms with van der Waals surface area (Å²) in [7, 11) is 0. The maximum atomic E-state index is 5.75. The molecule has 3 rings (SSSR count). The van der Waals surface area contributed by atoms with E-state index in [0.717, 1.165) is 0 Å². The Labute approximate surface area is 95.8 Å². The Bertz CT molecular complexity index is 511. The molecule has 3 N–H and O–H groups in total. The number of aromatic amines is 1. The van der Waals surface area contributed by atoms with Gasteiger partial charge in [-0.2, -0.15) is 0 Å². The Kier molecular flexibility index (Phi) is 2.44. The zero-order chi connectivity index (χ0) is 11.0. The van der Waals surface area contributed by atoms with Crippen LogP contribution in [0.4, 0.5) is 0 Å². The number of hydrogen-bond donors (Lipinski definition) is 2. The van der Waals surface area contributed by atoms with Crippen LogP contribution in [0.2, 0.25) is 0 Å². The van der Waals surface area contributed by atoms with Crippen molar-refractivity contribution in [3.63, 3.8) is 0 Å². The zero-order valence-electron chi connectivity index (χ0n) is 9.55. The largest absolute Gasteiger partial charge is 0.361 e. The van der Waals surface area contributed by atoms with Crippen molar-refractivity contribution in [3.05, 3.63) is 35.0 Å². The van der Waals surface area contributed by atoms with E-state index in [-0.39, 0.29) is 0 Å². The van der Waals surface area contributed by atoms with E-state index in [1.165, 1.54) is 54.1 Å². The molecule has 1 aliphatic rings. The number of aryl methyl sites for hydroxylation is 2. The van der Waals surface area contributed by atoms with Crippen molar-refractivity contribution in [1.29, 1.82) is 0 Å². The van der Waals surface area contributed by atoms with Gasteiger partial charge in [-0.25, -0.2) is 0 Å². The molecular weight excluding hydrogens is 196 g/mol. The summed E-state index contributed by atoms with van der Waals surface area (Å²) in [6, 6.07) is 4.68. The summed E-state index contributed by atoms with van der Waals surface area (Å²) >= 11 is 0. The summed E-state index contributed by atoms with van der Waals surface area (Å²) in [5.41, 5.74) is 11.3. The summed E-state index contributed by atoms with van der Waals surface area (Å²) < 4.78 is 0. The lowest BCUT2D eigenvalue weighted by Crippen LogP contribution is -1.95. The molecule has 0 fully saturated rings. The summed E-state index contributed by atoms with van der Waals surface area (Å²) in [6.45, 7) is 0.624. The van der Waals surface area contributed by atoms with Crippen molar-refractivity contribution in [3.8, 4) is 0 Å². The molecule has 0 unspecified atom stereocenters. The SMILES string of the molecule is NCc1c[nH]c2cc3c(cc12)CCCCC3. The molecule has 0 spiro atoms. The Hall–Kier alpha value is -1.28. The lowest BCUT2D eigenvalue weighted by molar-refractivity contribution is 0.712. The summed E-state index contributed by atoms with van der Waals surface area (Å²) in [4.78, 5) is 3.33. The molecule has 0 amide bonds. The fraction of sp³-hybridized carbons (Fsp3) is 0.429. The molecule has 2 aromatic rings. The first-order valence-corrected chi connectivity index (χ1v) is 6.20. The molecular formula is C14H18N2. The van der Waals surface area contributed by atoms with E-state index in [4.69, 9.17) is 5.73 Å². The molecule has 16 heavy (non-hydrogen) atoms. The second kappa shape index (κ2) is 3.95. The molecule has 84 valence electrons. The van der Waals surface area contributed by atoms with E-state index in [1.807, 2.05) is 6.20 Å². The third kappa shape index (κ3) is 1.54. The van der Waals surface area contributed by atoms with Crippen LogP contribution in [0.5, 0.6) is 0 Å². The van der Waals surface area contributed by atoms with Crippen LogP contribution in [0.25, 0.3) is 10.9 Å². The molecule has 1 heterocycles. The van der Waals surface area contributed by atoms with Crippen LogP contribution in [0.15, 0.2) is 18.3 Å². The second-order valence-electron chi connectivity index (χ2n) is 4.75. The van der Waals surface area contributed by atoms with E-state index in [9.17, 15) is 0 Å². The highest BCUT2D eigenvalue weighted by Gasteiger charge is 2.11. The third-order valence-corrected chi connectivity index (χ3v) is 3.70. The monoisotopic (exact) mass is 214 g/mol. The minimum Gasteiger partial charge on any atom is -0.361 e. The van der Waals surface area contributed by atoms with Crippen LogP contribution in [-0.4, -0.2) is 4.98 Å². The van der Waals surface area contributed by atoms with Crippen LogP contribution in [0.1, 0.15) is 36.0 Å². The molecule has 0 radical (unpaired) electrons. The van der Waals surface area contributed by atoms with Crippen molar-refractivity contribution < 1.29 is 0 Å². The highest BCUT2D eigenvalue weighted by molar-refractivity contribution is 5.84. The minimum atomic E-state index is 0.624. The lowest BCUT2D eigenvalue weighted by atomic mass is 9.99. The van der Waals surface area contributed by atoms with Gasteiger partial charge in [0.15, 0.2) is 0 Å². The van der Waals surface area contributed by atoms with E-state index in [2.05, 4.69) is 17.1 Å². The Morgan fingerprint density at radius 2 is 1.81 bits per heavy atom. The maximum Gasteiger partial charge on any atom is 0.0460 e. The van der Waals surface area contributed by atoms with Gasteiger partial charge in [0.2, 0.25) is 0 Å².